The van der Waals surface area contributed by atoms with Crippen LogP contribution >= 0.6 is 0 Å². The number of nitrogens with one attached hydrogen (secondary N) is 1. The van der Waals surface area contributed by atoms with Crippen molar-refractivity contribution in [2.24, 2.45) is 0 Å². The molecular weight excluding hydrogens is 295 g/mol. The Morgan fingerprint density at radius 1 is 1.30 bits per heavy atom. The maximum absolute atomic E-state index is 12.0. The summed E-state index contributed by atoms with van der Waals surface area (Å²) >= 11 is 0. The molecule has 0 heterocycles. The number of halogens is 3. The van der Waals surface area contributed by atoms with E-state index in [1.165, 1.54) is 18.2 Å². The summed E-state index contributed by atoms with van der Waals surface area (Å²) < 4.78 is 62.4. The quantitative estimate of drug-likeness (QED) is 0.787. The minimum atomic E-state index is -4.73. The Bertz CT molecular complexity index is 529. The Balaban J connectivity index is 2.47. The van der Waals surface area contributed by atoms with Gasteiger partial charge in [0.2, 0.25) is 0 Å². The zero-order chi connectivity index (χ0) is 15.2. The molecule has 0 unspecified atom stereocenters. The van der Waals surface area contributed by atoms with Crippen molar-refractivity contribution in [3.63, 3.8) is 0 Å². The molecule has 4 nitrogen and oxygen atoms in total. The summed E-state index contributed by atoms with van der Waals surface area (Å²) in [7, 11) is -3.02. The lowest BCUT2D eigenvalue weighted by Gasteiger charge is -2.11. The van der Waals surface area contributed by atoms with Gasteiger partial charge >= 0.3 is 6.36 Å². The van der Waals surface area contributed by atoms with Crippen molar-refractivity contribution in [1.82, 2.24) is 0 Å². The highest BCUT2D eigenvalue weighted by Gasteiger charge is 2.31. The topological polar surface area (TPSA) is 55.4 Å². The van der Waals surface area contributed by atoms with Crippen molar-refractivity contribution in [2.45, 2.75) is 19.7 Å². The van der Waals surface area contributed by atoms with Crippen LogP contribution in [0.25, 0.3) is 0 Å². The fourth-order valence-corrected chi connectivity index (χ4v) is 2.35. The van der Waals surface area contributed by atoms with E-state index < -0.39 is 16.2 Å². The van der Waals surface area contributed by atoms with E-state index in [4.69, 9.17) is 0 Å². The summed E-state index contributed by atoms with van der Waals surface area (Å²) in [6.07, 6.45) is -4.34. The molecule has 1 aromatic carbocycles. The van der Waals surface area contributed by atoms with Gasteiger partial charge < -0.3 is 10.1 Å². The maximum Gasteiger partial charge on any atom is 0.573 e. The van der Waals surface area contributed by atoms with Gasteiger partial charge in [0.1, 0.15) is 15.6 Å². The molecule has 0 aliphatic carbocycles. The van der Waals surface area contributed by atoms with Gasteiger partial charge in [-0.2, -0.15) is 0 Å². The first-order valence-corrected chi connectivity index (χ1v) is 7.84. The fourth-order valence-electron chi connectivity index (χ4n) is 1.47. The molecule has 1 rings (SSSR count). The van der Waals surface area contributed by atoms with E-state index in [1.54, 1.807) is 13.0 Å². The molecule has 0 spiro atoms. The Labute approximate surface area is 115 Å². The standard InChI is InChI=1S/C12H16F3NO3S/c1-2-20(17,18)8-4-7-16-10-5-3-6-11(9-10)19-12(13,14)15/h3,5-6,9,16H,2,4,7-8H2,1H3. The van der Waals surface area contributed by atoms with Crippen LogP contribution in [0.5, 0.6) is 5.75 Å². The van der Waals surface area contributed by atoms with E-state index >= 15 is 0 Å². The number of anilines is 1. The van der Waals surface area contributed by atoms with Crippen molar-refractivity contribution < 1.29 is 26.3 Å². The Morgan fingerprint density at radius 2 is 2.00 bits per heavy atom. The summed E-state index contributed by atoms with van der Waals surface area (Å²) in [5, 5.41) is 2.86. The number of rotatable bonds is 7. The first-order valence-electron chi connectivity index (χ1n) is 6.02. The van der Waals surface area contributed by atoms with Crippen molar-refractivity contribution >= 4 is 15.5 Å². The van der Waals surface area contributed by atoms with E-state index in [2.05, 4.69) is 10.1 Å². The van der Waals surface area contributed by atoms with Crippen LogP contribution in [0.4, 0.5) is 18.9 Å². The molecule has 1 aromatic rings. The normalized spacial score (nSPS) is 12.2. The number of ether oxygens (including phenoxy) is 1. The van der Waals surface area contributed by atoms with Gasteiger partial charge in [0, 0.05) is 24.1 Å². The molecule has 8 heteroatoms. The lowest BCUT2D eigenvalue weighted by atomic mass is 10.3. The number of benzene rings is 1. The molecule has 0 fully saturated rings. The smallest absolute Gasteiger partial charge is 0.406 e. The predicted octanol–water partition coefficient (Wildman–Crippen LogP) is 2.82. The summed E-state index contributed by atoms with van der Waals surface area (Å²) in [5.74, 6) is -0.180. The Hall–Kier alpha value is -1.44. The second kappa shape index (κ2) is 6.83. The number of hydrogen-bond donors (Lipinski definition) is 1. The highest BCUT2D eigenvalue weighted by Crippen LogP contribution is 2.24. The molecule has 0 saturated carbocycles. The minimum Gasteiger partial charge on any atom is -0.406 e. The third-order valence-electron chi connectivity index (χ3n) is 2.47. The molecule has 0 atom stereocenters. The van der Waals surface area contributed by atoms with Crippen LogP contribution in [-0.4, -0.2) is 32.8 Å². The van der Waals surface area contributed by atoms with Crippen LogP contribution in [0.2, 0.25) is 0 Å². The third kappa shape index (κ3) is 6.65. The lowest BCUT2D eigenvalue weighted by Crippen LogP contribution is -2.17. The monoisotopic (exact) mass is 311 g/mol. The van der Waals surface area contributed by atoms with Gasteiger partial charge in [-0.3, -0.25) is 0 Å². The molecule has 0 aliphatic rings. The predicted molar refractivity (Wildman–Crippen MR) is 70.6 cm³/mol. The number of sulfone groups is 1. The Kier molecular flexibility index (Phi) is 5.67. The fraction of sp³-hybridized carbons (Fsp3) is 0.500. The average molecular weight is 311 g/mol. The third-order valence-corrected chi connectivity index (χ3v) is 4.26. The highest BCUT2D eigenvalue weighted by atomic mass is 32.2. The molecule has 0 amide bonds. The number of hydrogen-bond acceptors (Lipinski definition) is 4. The van der Waals surface area contributed by atoms with Gasteiger partial charge in [-0.05, 0) is 18.6 Å². The summed E-state index contributed by atoms with van der Waals surface area (Å²) in [6.45, 7) is 1.93. The van der Waals surface area contributed by atoms with Gasteiger partial charge in [0.05, 0.1) is 5.75 Å². The van der Waals surface area contributed by atoms with Crippen molar-refractivity contribution in [3.8, 4) is 5.75 Å². The molecule has 0 aromatic heterocycles. The van der Waals surface area contributed by atoms with Crippen molar-refractivity contribution in [1.29, 1.82) is 0 Å². The van der Waals surface area contributed by atoms with Gasteiger partial charge in [-0.1, -0.05) is 13.0 Å². The Morgan fingerprint density at radius 3 is 2.60 bits per heavy atom. The minimum absolute atomic E-state index is 0.0508. The molecular formula is C12H16F3NO3S. The summed E-state index contributed by atoms with van der Waals surface area (Å²) in [5.41, 5.74) is 0.445. The van der Waals surface area contributed by atoms with E-state index in [-0.39, 0.29) is 17.3 Å². The van der Waals surface area contributed by atoms with Crippen LogP contribution in [0, 0.1) is 0 Å². The molecule has 0 aliphatic heterocycles. The van der Waals surface area contributed by atoms with E-state index in [0.717, 1.165) is 0 Å². The van der Waals surface area contributed by atoms with E-state index in [9.17, 15) is 21.6 Å². The van der Waals surface area contributed by atoms with Gasteiger partial charge in [-0.25, -0.2) is 8.42 Å². The average Bonchev–Trinajstić information content (AvgIpc) is 2.33. The van der Waals surface area contributed by atoms with Crippen LogP contribution in [0.1, 0.15) is 13.3 Å². The van der Waals surface area contributed by atoms with Gasteiger partial charge in [0.15, 0.2) is 0 Å². The highest BCUT2D eigenvalue weighted by molar-refractivity contribution is 7.91. The van der Waals surface area contributed by atoms with Crippen molar-refractivity contribution in [2.75, 3.05) is 23.4 Å². The zero-order valence-corrected chi connectivity index (χ0v) is 11.7. The van der Waals surface area contributed by atoms with Crippen LogP contribution in [0.3, 0.4) is 0 Å². The molecule has 114 valence electrons. The largest absolute Gasteiger partial charge is 0.573 e. The van der Waals surface area contributed by atoms with Crippen LogP contribution < -0.4 is 10.1 Å². The maximum atomic E-state index is 12.0. The van der Waals surface area contributed by atoms with Crippen LogP contribution in [-0.2, 0) is 9.84 Å². The first-order chi connectivity index (χ1) is 9.22. The van der Waals surface area contributed by atoms with Crippen LogP contribution in [0.15, 0.2) is 24.3 Å². The second-order valence-electron chi connectivity index (χ2n) is 4.09. The molecule has 20 heavy (non-hydrogen) atoms. The lowest BCUT2D eigenvalue weighted by molar-refractivity contribution is -0.274. The summed E-state index contributed by atoms with van der Waals surface area (Å²) in [6, 6.07) is 5.41. The summed E-state index contributed by atoms with van der Waals surface area (Å²) in [4.78, 5) is 0. The second-order valence-corrected chi connectivity index (χ2v) is 6.57. The molecule has 1 N–H and O–H groups in total. The first kappa shape index (κ1) is 16.6. The van der Waals surface area contributed by atoms with E-state index in [0.29, 0.717) is 18.7 Å². The van der Waals surface area contributed by atoms with Gasteiger partial charge in [-0.15, -0.1) is 13.2 Å². The van der Waals surface area contributed by atoms with Crippen molar-refractivity contribution in [3.05, 3.63) is 24.3 Å². The van der Waals surface area contributed by atoms with E-state index in [1.807, 2.05) is 0 Å². The molecule has 0 radical (unpaired) electrons. The molecule has 0 saturated heterocycles. The van der Waals surface area contributed by atoms with Gasteiger partial charge in [0.25, 0.3) is 0 Å². The SMILES string of the molecule is CCS(=O)(=O)CCCNc1cccc(OC(F)(F)F)c1. The molecule has 0 bridgehead atoms. The number of alkyl halides is 3. The zero-order valence-electron chi connectivity index (χ0n) is 10.9.